The lowest BCUT2D eigenvalue weighted by atomic mass is 9.99. The number of benzene rings is 1. The van der Waals surface area contributed by atoms with Gasteiger partial charge < -0.3 is 10.1 Å². The standard InChI is InChI=1S/C18H17ClN2O2/c19-14-5-1-3-12-15(8-10-23-17(12)14)21-18(22)13-4-2-9-20-16(13)11-6-7-11/h1-5,9,11,15H,6-8,10H2,(H,21,22). The van der Waals surface area contributed by atoms with Gasteiger partial charge in [0.2, 0.25) is 0 Å². The molecule has 23 heavy (non-hydrogen) atoms. The second-order valence-electron chi connectivity index (χ2n) is 6.03. The minimum atomic E-state index is -0.0859. The van der Waals surface area contributed by atoms with Crippen molar-refractivity contribution in [3.8, 4) is 5.75 Å². The van der Waals surface area contributed by atoms with Crippen LogP contribution in [0.1, 0.15) is 52.8 Å². The number of carbonyl (C=O) groups is 1. The summed E-state index contributed by atoms with van der Waals surface area (Å²) in [6.45, 7) is 0.546. The molecule has 1 unspecified atom stereocenters. The van der Waals surface area contributed by atoms with Gasteiger partial charge in [0.15, 0.2) is 0 Å². The van der Waals surface area contributed by atoms with Crippen molar-refractivity contribution in [1.82, 2.24) is 10.3 Å². The Hall–Kier alpha value is -2.07. The molecule has 1 aromatic carbocycles. The topological polar surface area (TPSA) is 51.2 Å². The number of carbonyl (C=O) groups excluding carboxylic acids is 1. The van der Waals surface area contributed by atoms with Crippen molar-refractivity contribution in [2.75, 3.05) is 6.61 Å². The van der Waals surface area contributed by atoms with E-state index in [2.05, 4.69) is 10.3 Å². The average molecular weight is 329 g/mol. The summed E-state index contributed by atoms with van der Waals surface area (Å²) in [5.74, 6) is 1.05. The molecule has 2 aliphatic rings. The molecule has 5 heteroatoms. The molecule has 2 heterocycles. The molecule has 1 amide bonds. The van der Waals surface area contributed by atoms with Gasteiger partial charge in [0, 0.05) is 24.1 Å². The van der Waals surface area contributed by atoms with Crippen molar-refractivity contribution in [3.63, 3.8) is 0 Å². The SMILES string of the molecule is O=C(NC1CCOc2c(Cl)cccc21)c1cccnc1C1CC1. The van der Waals surface area contributed by atoms with Gasteiger partial charge in [-0.3, -0.25) is 9.78 Å². The highest BCUT2D eigenvalue weighted by Crippen LogP contribution is 2.41. The summed E-state index contributed by atoms with van der Waals surface area (Å²) in [5, 5.41) is 3.71. The summed E-state index contributed by atoms with van der Waals surface area (Å²) in [4.78, 5) is 17.1. The van der Waals surface area contributed by atoms with Crippen molar-refractivity contribution < 1.29 is 9.53 Å². The number of para-hydroxylation sites is 1. The number of rotatable bonds is 3. The number of nitrogens with one attached hydrogen (secondary N) is 1. The van der Waals surface area contributed by atoms with Crippen molar-refractivity contribution in [3.05, 3.63) is 58.4 Å². The molecule has 1 saturated carbocycles. The molecule has 0 spiro atoms. The van der Waals surface area contributed by atoms with Crippen LogP contribution < -0.4 is 10.1 Å². The van der Waals surface area contributed by atoms with Gasteiger partial charge >= 0.3 is 0 Å². The molecule has 1 aliphatic heterocycles. The molecule has 0 bridgehead atoms. The summed E-state index contributed by atoms with van der Waals surface area (Å²) in [7, 11) is 0. The van der Waals surface area contributed by atoms with E-state index in [1.165, 1.54) is 0 Å². The predicted molar refractivity (Wildman–Crippen MR) is 88.0 cm³/mol. The van der Waals surface area contributed by atoms with Crippen LogP contribution in [0.25, 0.3) is 0 Å². The van der Waals surface area contributed by atoms with Crippen molar-refractivity contribution in [2.45, 2.75) is 31.2 Å². The van der Waals surface area contributed by atoms with Crippen LogP contribution in [0.15, 0.2) is 36.5 Å². The zero-order chi connectivity index (χ0) is 15.8. The van der Waals surface area contributed by atoms with Gasteiger partial charge in [0.05, 0.1) is 28.9 Å². The van der Waals surface area contributed by atoms with E-state index < -0.39 is 0 Å². The third-order valence-electron chi connectivity index (χ3n) is 4.38. The van der Waals surface area contributed by atoms with Crippen LogP contribution in [-0.2, 0) is 0 Å². The minimum absolute atomic E-state index is 0.0715. The predicted octanol–water partition coefficient (Wildman–Crippen LogP) is 3.87. The number of nitrogens with zero attached hydrogens (tertiary/aromatic N) is 1. The van der Waals surface area contributed by atoms with Gasteiger partial charge in [-0.15, -0.1) is 0 Å². The monoisotopic (exact) mass is 328 g/mol. The first-order valence-corrected chi connectivity index (χ1v) is 8.29. The Kier molecular flexibility index (Phi) is 3.69. The number of aromatic nitrogens is 1. The second-order valence-corrected chi connectivity index (χ2v) is 6.44. The van der Waals surface area contributed by atoms with Crippen LogP contribution in [0.2, 0.25) is 5.02 Å². The zero-order valence-electron chi connectivity index (χ0n) is 12.6. The van der Waals surface area contributed by atoms with Crippen LogP contribution in [0, 0.1) is 0 Å². The van der Waals surface area contributed by atoms with Crippen LogP contribution in [0.5, 0.6) is 5.75 Å². The summed E-state index contributed by atoms with van der Waals surface area (Å²) >= 11 is 6.19. The van der Waals surface area contributed by atoms with Crippen LogP contribution >= 0.6 is 11.6 Å². The molecular formula is C18H17ClN2O2. The molecule has 1 N–H and O–H groups in total. The lowest BCUT2D eigenvalue weighted by molar-refractivity contribution is 0.0923. The first kappa shape index (κ1) is 14.5. The van der Waals surface area contributed by atoms with E-state index in [4.69, 9.17) is 16.3 Å². The maximum Gasteiger partial charge on any atom is 0.253 e. The smallest absolute Gasteiger partial charge is 0.253 e. The fraction of sp³-hybridized carbons (Fsp3) is 0.333. The lowest BCUT2D eigenvalue weighted by Crippen LogP contribution is -2.32. The fourth-order valence-corrected chi connectivity index (χ4v) is 3.30. The molecule has 4 nitrogen and oxygen atoms in total. The Morgan fingerprint density at radius 1 is 1.22 bits per heavy atom. The number of hydrogen-bond donors (Lipinski definition) is 1. The Morgan fingerprint density at radius 2 is 2.09 bits per heavy atom. The van der Waals surface area contributed by atoms with Crippen LogP contribution in [0.4, 0.5) is 0 Å². The van der Waals surface area contributed by atoms with Crippen molar-refractivity contribution in [2.24, 2.45) is 0 Å². The number of pyridine rings is 1. The number of amides is 1. The second kappa shape index (κ2) is 5.85. The molecule has 1 aliphatic carbocycles. The van der Waals surface area contributed by atoms with Gasteiger partial charge in [-0.1, -0.05) is 23.7 Å². The maximum absolute atomic E-state index is 12.7. The summed E-state index contributed by atoms with van der Waals surface area (Å²) in [6, 6.07) is 9.23. The Morgan fingerprint density at radius 3 is 2.91 bits per heavy atom. The van der Waals surface area contributed by atoms with Gasteiger partial charge in [0.25, 0.3) is 5.91 Å². The largest absolute Gasteiger partial charge is 0.492 e. The molecule has 1 aromatic heterocycles. The molecule has 1 fully saturated rings. The van der Waals surface area contributed by atoms with E-state index in [0.29, 0.717) is 28.9 Å². The third kappa shape index (κ3) is 2.79. The van der Waals surface area contributed by atoms with Crippen LogP contribution in [0.3, 0.4) is 0 Å². The fourth-order valence-electron chi connectivity index (χ4n) is 3.06. The highest BCUT2D eigenvalue weighted by molar-refractivity contribution is 6.32. The van der Waals surface area contributed by atoms with Gasteiger partial charge in [-0.25, -0.2) is 0 Å². The van der Waals surface area contributed by atoms with E-state index in [1.54, 1.807) is 12.3 Å². The summed E-state index contributed by atoms with van der Waals surface area (Å²) in [6.07, 6.45) is 4.73. The number of hydrogen-bond acceptors (Lipinski definition) is 3. The Labute approximate surface area is 139 Å². The summed E-state index contributed by atoms with van der Waals surface area (Å²) < 4.78 is 5.65. The molecule has 118 valence electrons. The van der Waals surface area contributed by atoms with Gasteiger partial charge in [-0.2, -0.15) is 0 Å². The highest BCUT2D eigenvalue weighted by Gasteiger charge is 2.31. The van der Waals surface area contributed by atoms with Crippen LogP contribution in [-0.4, -0.2) is 17.5 Å². The van der Waals surface area contributed by atoms with Crippen molar-refractivity contribution >= 4 is 17.5 Å². The summed E-state index contributed by atoms with van der Waals surface area (Å²) in [5.41, 5.74) is 2.54. The maximum atomic E-state index is 12.7. The number of halogens is 1. The molecule has 4 rings (SSSR count). The van der Waals surface area contributed by atoms with Gasteiger partial charge in [0.1, 0.15) is 5.75 Å². The lowest BCUT2D eigenvalue weighted by Gasteiger charge is -2.27. The first-order chi connectivity index (χ1) is 11.2. The minimum Gasteiger partial charge on any atom is -0.492 e. The third-order valence-corrected chi connectivity index (χ3v) is 4.68. The first-order valence-electron chi connectivity index (χ1n) is 7.91. The van der Waals surface area contributed by atoms with E-state index in [9.17, 15) is 4.79 Å². The number of fused-ring (bicyclic) bond motifs is 1. The average Bonchev–Trinajstić information content (AvgIpc) is 3.41. The number of ether oxygens (including phenoxy) is 1. The van der Waals surface area contributed by atoms with Crippen molar-refractivity contribution in [1.29, 1.82) is 0 Å². The molecule has 0 radical (unpaired) electrons. The Bertz CT molecular complexity index is 758. The van der Waals surface area contributed by atoms with E-state index >= 15 is 0 Å². The highest BCUT2D eigenvalue weighted by atomic mass is 35.5. The molecule has 2 aromatic rings. The Balaban J connectivity index is 1.60. The quantitative estimate of drug-likeness (QED) is 0.930. The van der Waals surface area contributed by atoms with E-state index in [1.807, 2.05) is 24.3 Å². The van der Waals surface area contributed by atoms with E-state index in [0.717, 1.165) is 30.5 Å². The van der Waals surface area contributed by atoms with E-state index in [-0.39, 0.29) is 11.9 Å². The van der Waals surface area contributed by atoms with Gasteiger partial charge in [-0.05, 0) is 31.0 Å². The molecule has 0 saturated heterocycles. The molecule has 1 atom stereocenters. The molecular weight excluding hydrogens is 312 g/mol. The zero-order valence-corrected chi connectivity index (χ0v) is 13.3. The normalized spacial score (nSPS) is 19.6.